The minimum absolute atomic E-state index is 0.0402. The molecule has 0 aliphatic carbocycles. The van der Waals surface area contributed by atoms with Gasteiger partial charge in [-0.25, -0.2) is 4.79 Å². The third-order valence-corrected chi connectivity index (χ3v) is 11.9. The van der Waals surface area contributed by atoms with Gasteiger partial charge in [0.15, 0.2) is 0 Å². The second-order valence-corrected chi connectivity index (χ2v) is 15.8. The van der Waals surface area contributed by atoms with Crippen LogP contribution in [0.15, 0.2) is 155 Å². The summed E-state index contributed by atoms with van der Waals surface area (Å²) in [5.41, 5.74) is 4.56. The molecule has 0 amide bonds. The van der Waals surface area contributed by atoms with Crippen molar-refractivity contribution in [1.29, 1.82) is 0 Å². The molecule has 10 heteroatoms. The van der Waals surface area contributed by atoms with Crippen molar-refractivity contribution in [2.24, 2.45) is 0 Å². The van der Waals surface area contributed by atoms with E-state index in [4.69, 9.17) is 0 Å². The molecule has 0 bridgehead atoms. The molecule has 6 aromatic rings. The van der Waals surface area contributed by atoms with Gasteiger partial charge < -0.3 is 10.2 Å². The number of hydrogen-bond donors (Lipinski definition) is 2. The van der Waals surface area contributed by atoms with Crippen molar-refractivity contribution in [1.82, 2.24) is 28.7 Å². The van der Waals surface area contributed by atoms with Gasteiger partial charge in [-0.2, -0.15) is 0 Å². The van der Waals surface area contributed by atoms with Crippen LogP contribution in [0.5, 0.6) is 0 Å². The largest absolute Gasteiger partial charge is 0.390 e. The first kappa shape index (κ1) is 39.6. The van der Waals surface area contributed by atoms with E-state index >= 15 is 0 Å². The first-order valence-corrected chi connectivity index (χ1v) is 20.6. The Labute approximate surface area is 340 Å². The number of hydrogen-bond acceptors (Lipinski definition) is 8. The molecule has 10 nitrogen and oxygen atoms in total. The number of β-amino-alcohol motifs (C(OH)–C–C–N with tert-alkyl or cyclic N) is 2. The van der Waals surface area contributed by atoms with Gasteiger partial charge in [0.25, 0.3) is 5.56 Å². The quantitative estimate of drug-likeness (QED) is 0.165. The van der Waals surface area contributed by atoms with Crippen LogP contribution in [0.25, 0.3) is 10.9 Å². The number of fused-ring (bicyclic) bond motifs is 1. The lowest BCUT2D eigenvalue weighted by Crippen LogP contribution is -2.51. The minimum Gasteiger partial charge on any atom is -0.390 e. The first-order chi connectivity index (χ1) is 28.4. The normalized spacial score (nSPS) is 17.2. The second kappa shape index (κ2) is 18.6. The van der Waals surface area contributed by atoms with Crippen LogP contribution in [0.3, 0.4) is 0 Å². The molecule has 2 saturated heterocycles. The van der Waals surface area contributed by atoms with Crippen LogP contribution in [0.2, 0.25) is 0 Å². The van der Waals surface area contributed by atoms with E-state index in [0.29, 0.717) is 24.0 Å². The Morgan fingerprint density at radius 2 is 0.759 bits per heavy atom. The van der Waals surface area contributed by atoms with Crippen molar-refractivity contribution in [3.8, 4) is 0 Å². The van der Waals surface area contributed by atoms with Crippen molar-refractivity contribution in [3.05, 3.63) is 189 Å². The summed E-state index contributed by atoms with van der Waals surface area (Å²) in [6.45, 7) is 7.04. The average molecular weight is 779 g/mol. The average Bonchev–Trinajstić information content (AvgIpc) is 3.27. The Balaban J connectivity index is 0.908. The molecule has 2 atom stereocenters. The second-order valence-electron chi connectivity index (χ2n) is 15.8. The smallest absolute Gasteiger partial charge is 0.331 e. The summed E-state index contributed by atoms with van der Waals surface area (Å²) in [7, 11) is 0. The number of piperazine rings is 2. The lowest BCUT2D eigenvalue weighted by Gasteiger charge is -2.40. The molecule has 0 radical (unpaired) electrons. The van der Waals surface area contributed by atoms with Gasteiger partial charge in [0, 0.05) is 65.4 Å². The van der Waals surface area contributed by atoms with Gasteiger partial charge in [0.1, 0.15) is 0 Å². The highest BCUT2D eigenvalue weighted by atomic mass is 16.3. The Hall–Kier alpha value is -5.20. The summed E-state index contributed by atoms with van der Waals surface area (Å²) >= 11 is 0. The number of aromatic nitrogens is 2. The van der Waals surface area contributed by atoms with Crippen LogP contribution in [-0.4, -0.2) is 117 Å². The molecule has 8 rings (SSSR count). The van der Waals surface area contributed by atoms with E-state index < -0.39 is 23.5 Å². The van der Waals surface area contributed by atoms with E-state index in [1.807, 2.05) is 24.3 Å². The standard InChI is InChI=1S/C48H54N6O4/c55-41(33-49-25-29-51(30-26-49)45(37-15-5-1-6-16-37)38-17-7-2-8-18-38)35-53-44-24-14-13-23-43(44)47(57)54(48(53)58)36-42(56)34-50-27-31-52(32-28-50)46(39-19-9-3-10-20-39)40-21-11-4-12-22-40/h1-24,41-42,45-46,55-56H,25-36H2/t41-,42-/m1/s1. The summed E-state index contributed by atoms with van der Waals surface area (Å²) in [6.07, 6.45) is -1.77. The number of aliphatic hydroxyl groups is 2. The zero-order chi connectivity index (χ0) is 39.8. The van der Waals surface area contributed by atoms with Crippen LogP contribution in [0.1, 0.15) is 34.3 Å². The maximum absolute atomic E-state index is 14.1. The summed E-state index contributed by atoms with van der Waals surface area (Å²) < 4.78 is 2.67. The van der Waals surface area contributed by atoms with Crippen molar-refractivity contribution in [2.75, 3.05) is 65.4 Å². The maximum atomic E-state index is 14.1. The molecule has 5 aromatic carbocycles. The molecule has 0 saturated carbocycles. The van der Waals surface area contributed by atoms with Crippen LogP contribution in [0.4, 0.5) is 0 Å². The molecule has 0 unspecified atom stereocenters. The molecule has 2 aliphatic heterocycles. The molecule has 0 spiro atoms. The van der Waals surface area contributed by atoms with Gasteiger partial charge in [-0.15, -0.1) is 0 Å². The highest BCUT2D eigenvalue weighted by Gasteiger charge is 2.29. The van der Waals surface area contributed by atoms with Gasteiger partial charge in [-0.1, -0.05) is 133 Å². The number of nitrogens with zero attached hydrogens (tertiary/aromatic N) is 6. The van der Waals surface area contributed by atoms with Crippen molar-refractivity contribution >= 4 is 10.9 Å². The predicted molar refractivity (Wildman–Crippen MR) is 230 cm³/mol. The van der Waals surface area contributed by atoms with Crippen molar-refractivity contribution in [2.45, 2.75) is 37.4 Å². The summed E-state index contributed by atoms with van der Waals surface area (Å²) in [6, 6.07) is 49.6. The molecule has 2 aliphatic rings. The summed E-state index contributed by atoms with van der Waals surface area (Å²) in [5, 5.41) is 23.2. The minimum atomic E-state index is -0.928. The van der Waals surface area contributed by atoms with Crippen LogP contribution in [-0.2, 0) is 13.1 Å². The molecule has 2 N–H and O–H groups in total. The lowest BCUT2D eigenvalue weighted by atomic mass is 9.96. The molecule has 300 valence electrons. The Bertz CT molecular complexity index is 2240. The van der Waals surface area contributed by atoms with Crippen LogP contribution < -0.4 is 11.2 Å². The summed E-state index contributed by atoms with van der Waals surface area (Å²) in [5.74, 6) is 0. The topological polar surface area (TPSA) is 97.4 Å². The number of para-hydroxylation sites is 1. The lowest BCUT2D eigenvalue weighted by molar-refractivity contribution is 0.0522. The van der Waals surface area contributed by atoms with E-state index in [1.54, 1.807) is 24.3 Å². The van der Waals surface area contributed by atoms with Gasteiger partial charge in [-0.3, -0.25) is 33.5 Å². The number of aliphatic hydroxyl groups excluding tert-OH is 2. The zero-order valence-corrected chi connectivity index (χ0v) is 33.0. The highest BCUT2D eigenvalue weighted by molar-refractivity contribution is 5.77. The van der Waals surface area contributed by atoms with Gasteiger partial charge in [0.2, 0.25) is 0 Å². The Morgan fingerprint density at radius 3 is 1.16 bits per heavy atom. The van der Waals surface area contributed by atoms with Crippen molar-refractivity contribution in [3.63, 3.8) is 0 Å². The van der Waals surface area contributed by atoms with Crippen LogP contribution >= 0.6 is 0 Å². The number of rotatable bonds is 14. The maximum Gasteiger partial charge on any atom is 0.331 e. The zero-order valence-electron chi connectivity index (χ0n) is 33.0. The molecule has 58 heavy (non-hydrogen) atoms. The van der Waals surface area contributed by atoms with Gasteiger partial charge >= 0.3 is 5.69 Å². The van der Waals surface area contributed by atoms with E-state index in [2.05, 4.69) is 117 Å². The molecule has 3 heterocycles. The first-order valence-electron chi connectivity index (χ1n) is 20.6. The Morgan fingerprint density at radius 1 is 0.414 bits per heavy atom. The SMILES string of the molecule is O=c1c2ccccc2n(C[C@H](O)CN2CCN(C(c3ccccc3)c3ccccc3)CC2)c(=O)n1C[C@H](O)CN1CCN(C(c2ccccc2)c2ccccc2)CC1. The van der Waals surface area contributed by atoms with Crippen molar-refractivity contribution < 1.29 is 10.2 Å². The third kappa shape index (κ3) is 9.08. The number of benzene rings is 5. The molecular formula is C48H54N6O4. The highest BCUT2D eigenvalue weighted by Crippen LogP contribution is 2.31. The fourth-order valence-corrected chi connectivity index (χ4v) is 9.02. The Kier molecular flexibility index (Phi) is 12.7. The fraction of sp³-hybridized carbons (Fsp3) is 0.333. The fourth-order valence-electron chi connectivity index (χ4n) is 9.02. The molecular weight excluding hydrogens is 725 g/mol. The van der Waals surface area contributed by atoms with Gasteiger partial charge in [-0.05, 0) is 34.4 Å². The third-order valence-electron chi connectivity index (χ3n) is 11.9. The van der Waals surface area contributed by atoms with Gasteiger partial charge in [0.05, 0.1) is 48.3 Å². The molecule has 1 aromatic heterocycles. The van der Waals surface area contributed by atoms with E-state index in [0.717, 1.165) is 56.9 Å². The van der Waals surface area contributed by atoms with Crippen LogP contribution in [0, 0.1) is 0 Å². The summed E-state index contributed by atoms with van der Waals surface area (Å²) in [4.78, 5) is 37.3. The predicted octanol–water partition coefficient (Wildman–Crippen LogP) is 4.70. The molecule has 2 fully saturated rings. The van der Waals surface area contributed by atoms with E-state index in [9.17, 15) is 19.8 Å². The van der Waals surface area contributed by atoms with E-state index in [1.165, 1.54) is 26.8 Å². The van der Waals surface area contributed by atoms with E-state index in [-0.39, 0.29) is 25.2 Å². The monoisotopic (exact) mass is 778 g/mol.